The van der Waals surface area contributed by atoms with Crippen molar-refractivity contribution in [3.63, 3.8) is 0 Å². The zero-order valence-electron chi connectivity index (χ0n) is 15.4. The summed E-state index contributed by atoms with van der Waals surface area (Å²) in [6.45, 7) is 0.495. The van der Waals surface area contributed by atoms with Crippen LogP contribution in [0.1, 0.15) is 30.4 Å². The molecule has 29 heavy (non-hydrogen) atoms. The van der Waals surface area contributed by atoms with Crippen molar-refractivity contribution in [1.82, 2.24) is 4.90 Å². The predicted molar refractivity (Wildman–Crippen MR) is 104 cm³/mol. The van der Waals surface area contributed by atoms with Gasteiger partial charge < -0.3 is 10.2 Å². The fourth-order valence-corrected chi connectivity index (χ4v) is 4.41. The molecule has 2 aromatic rings. The minimum atomic E-state index is -4.47. The van der Waals surface area contributed by atoms with E-state index in [1.807, 2.05) is 35.2 Å². The van der Waals surface area contributed by atoms with Crippen LogP contribution in [0.5, 0.6) is 0 Å². The quantitative estimate of drug-likeness (QED) is 0.763. The third kappa shape index (κ3) is 4.58. The average Bonchev–Trinajstić information content (AvgIpc) is 3.51. The zero-order chi connectivity index (χ0) is 20.6. The Morgan fingerprint density at radius 1 is 1.14 bits per heavy atom. The Kier molecular flexibility index (Phi) is 5.29. The number of halogens is 3. The lowest BCUT2D eigenvalue weighted by molar-refractivity contribution is -0.137. The number of anilines is 1. The van der Waals surface area contributed by atoms with Gasteiger partial charge in [0.1, 0.15) is 0 Å². The van der Waals surface area contributed by atoms with Crippen LogP contribution < -0.4 is 5.32 Å². The highest BCUT2D eigenvalue weighted by atomic mass is 32.2. The second kappa shape index (κ2) is 7.74. The first-order valence-corrected chi connectivity index (χ1v) is 10.2. The Morgan fingerprint density at radius 2 is 1.86 bits per heavy atom. The maximum absolute atomic E-state index is 12.9. The molecule has 1 fully saturated rings. The van der Waals surface area contributed by atoms with Crippen LogP contribution in [0.25, 0.3) is 0 Å². The average molecular weight is 420 g/mol. The standard InChI is InChI=1S/C21H19F3N2O2S/c22-21(23,24)14-6-9-17-16(10-14)25-20(28)18(29-17)11-19(27)26(15-7-8-15)12-13-4-2-1-3-5-13/h1-6,9-10,15,18H,7-8,11-12H2,(H,25,28)/t18-/m0/s1. The SMILES string of the molecule is O=C1Nc2cc(C(F)(F)F)ccc2S[C@H]1CC(=O)N(Cc1ccccc1)C1CC1. The van der Waals surface area contributed by atoms with Gasteiger partial charge in [-0.1, -0.05) is 30.3 Å². The monoisotopic (exact) mass is 420 g/mol. The molecule has 4 nitrogen and oxygen atoms in total. The maximum atomic E-state index is 12.9. The van der Waals surface area contributed by atoms with E-state index in [2.05, 4.69) is 5.32 Å². The first-order chi connectivity index (χ1) is 13.8. The van der Waals surface area contributed by atoms with E-state index in [4.69, 9.17) is 0 Å². The zero-order valence-corrected chi connectivity index (χ0v) is 16.2. The second-order valence-corrected chi connectivity index (χ2v) is 8.49. The van der Waals surface area contributed by atoms with Crippen LogP contribution >= 0.6 is 11.8 Å². The number of hydrogen-bond acceptors (Lipinski definition) is 3. The van der Waals surface area contributed by atoms with Crippen molar-refractivity contribution in [3.05, 3.63) is 59.7 Å². The molecule has 1 atom stereocenters. The molecule has 0 aromatic heterocycles. The molecule has 0 radical (unpaired) electrons. The number of rotatable bonds is 5. The van der Waals surface area contributed by atoms with Crippen LogP contribution in [0.3, 0.4) is 0 Å². The van der Waals surface area contributed by atoms with Crippen molar-refractivity contribution in [2.75, 3.05) is 5.32 Å². The molecule has 0 spiro atoms. The third-order valence-electron chi connectivity index (χ3n) is 4.99. The van der Waals surface area contributed by atoms with E-state index in [0.29, 0.717) is 11.4 Å². The second-order valence-electron chi connectivity index (χ2n) is 7.25. The van der Waals surface area contributed by atoms with Crippen molar-refractivity contribution < 1.29 is 22.8 Å². The molecule has 1 aliphatic heterocycles. The predicted octanol–water partition coefficient (Wildman–Crippen LogP) is 4.70. The Balaban J connectivity index is 1.46. The summed E-state index contributed by atoms with van der Waals surface area (Å²) in [5.74, 6) is -0.551. The molecule has 0 unspecified atom stereocenters. The van der Waals surface area contributed by atoms with E-state index in [1.165, 1.54) is 6.07 Å². The van der Waals surface area contributed by atoms with Gasteiger partial charge in [-0.25, -0.2) is 0 Å². The van der Waals surface area contributed by atoms with Gasteiger partial charge in [0.25, 0.3) is 0 Å². The first kappa shape index (κ1) is 19.8. The van der Waals surface area contributed by atoms with Crippen LogP contribution in [-0.4, -0.2) is 28.0 Å². The molecule has 1 aliphatic carbocycles. The van der Waals surface area contributed by atoms with E-state index in [1.54, 1.807) is 0 Å². The molecular formula is C21H19F3N2O2S. The van der Waals surface area contributed by atoms with E-state index in [9.17, 15) is 22.8 Å². The lowest BCUT2D eigenvalue weighted by Gasteiger charge is -2.28. The molecule has 8 heteroatoms. The topological polar surface area (TPSA) is 49.4 Å². The van der Waals surface area contributed by atoms with Crippen molar-refractivity contribution in [2.45, 2.75) is 48.2 Å². The number of nitrogens with zero attached hydrogens (tertiary/aromatic N) is 1. The van der Waals surface area contributed by atoms with Crippen LogP contribution in [0.2, 0.25) is 0 Å². The molecule has 1 N–H and O–H groups in total. The summed E-state index contributed by atoms with van der Waals surface area (Å²) in [6.07, 6.45) is -2.56. The van der Waals surface area contributed by atoms with Crippen molar-refractivity contribution in [1.29, 1.82) is 0 Å². The first-order valence-electron chi connectivity index (χ1n) is 9.33. The Labute approximate surface area is 170 Å². The largest absolute Gasteiger partial charge is 0.416 e. The van der Waals surface area contributed by atoms with Gasteiger partial charge in [-0.05, 0) is 36.6 Å². The summed E-state index contributed by atoms with van der Waals surface area (Å²) in [4.78, 5) is 27.7. The van der Waals surface area contributed by atoms with Crippen LogP contribution in [0.4, 0.5) is 18.9 Å². The highest BCUT2D eigenvalue weighted by molar-refractivity contribution is 8.01. The summed E-state index contributed by atoms with van der Waals surface area (Å²) < 4.78 is 38.7. The minimum absolute atomic E-state index is 0.0142. The number of carbonyl (C=O) groups excluding carboxylic acids is 2. The molecule has 4 rings (SSSR count). The van der Waals surface area contributed by atoms with E-state index in [0.717, 1.165) is 42.3 Å². The molecule has 1 heterocycles. The van der Waals surface area contributed by atoms with Gasteiger partial charge in [0.15, 0.2) is 0 Å². The van der Waals surface area contributed by atoms with E-state index >= 15 is 0 Å². The number of carbonyl (C=O) groups is 2. The van der Waals surface area contributed by atoms with Crippen molar-refractivity contribution in [3.8, 4) is 0 Å². The molecule has 2 aromatic carbocycles. The Hall–Kier alpha value is -2.48. The summed E-state index contributed by atoms with van der Waals surface area (Å²) >= 11 is 1.14. The van der Waals surface area contributed by atoms with Crippen LogP contribution in [0, 0.1) is 0 Å². The minimum Gasteiger partial charge on any atom is -0.335 e. The van der Waals surface area contributed by atoms with Gasteiger partial charge in [0, 0.05) is 23.9 Å². The number of hydrogen-bond donors (Lipinski definition) is 1. The smallest absolute Gasteiger partial charge is 0.335 e. The van der Waals surface area contributed by atoms with E-state index in [-0.39, 0.29) is 24.1 Å². The third-order valence-corrected chi connectivity index (χ3v) is 6.27. The number of thioether (sulfide) groups is 1. The fourth-order valence-electron chi connectivity index (χ4n) is 3.32. The van der Waals surface area contributed by atoms with Gasteiger partial charge >= 0.3 is 6.18 Å². The van der Waals surface area contributed by atoms with Gasteiger partial charge in [-0.2, -0.15) is 13.2 Å². The van der Waals surface area contributed by atoms with Gasteiger partial charge in [-0.15, -0.1) is 11.8 Å². The molecule has 0 saturated heterocycles. The molecule has 152 valence electrons. The number of benzene rings is 2. The molecular weight excluding hydrogens is 401 g/mol. The summed E-state index contributed by atoms with van der Waals surface area (Å²) in [7, 11) is 0. The lowest BCUT2D eigenvalue weighted by atomic mass is 10.1. The van der Waals surface area contributed by atoms with Crippen LogP contribution in [0.15, 0.2) is 53.4 Å². The highest BCUT2D eigenvalue weighted by Gasteiger charge is 2.37. The normalized spacial score (nSPS) is 18.7. The number of amides is 2. The van der Waals surface area contributed by atoms with Gasteiger partial charge in [0.05, 0.1) is 16.5 Å². The molecule has 2 amide bonds. The lowest BCUT2D eigenvalue weighted by Crippen LogP contribution is -2.38. The maximum Gasteiger partial charge on any atom is 0.416 e. The summed E-state index contributed by atoms with van der Waals surface area (Å²) in [5.41, 5.74) is 0.356. The Morgan fingerprint density at radius 3 is 2.52 bits per heavy atom. The summed E-state index contributed by atoms with van der Waals surface area (Å²) in [5, 5.41) is 1.87. The molecule has 1 saturated carbocycles. The molecule has 0 bridgehead atoms. The van der Waals surface area contributed by atoms with Gasteiger partial charge in [0.2, 0.25) is 11.8 Å². The highest BCUT2D eigenvalue weighted by Crippen LogP contribution is 2.41. The number of nitrogens with one attached hydrogen (secondary N) is 1. The number of alkyl halides is 3. The van der Waals surface area contributed by atoms with Gasteiger partial charge in [-0.3, -0.25) is 9.59 Å². The van der Waals surface area contributed by atoms with Crippen molar-refractivity contribution >= 4 is 29.3 Å². The fraction of sp³-hybridized carbons (Fsp3) is 0.333. The molecule has 2 aliphatic rings. The number of fused-ring (bicyclic) bond motifs is 1. The van der Waals surface area contributed by atoms with E-state index < -0.39 is 22.9 Å². The Bertz CT molecular complexity index is 929. The summed E-state index contributed by atoms with van der Waals surface area (Å²) in [6, 6.07) is 13.1. The van der Waals surface area contributed by atoms with Crippen LogP contribution in [-0.2, 0) is 22.3 Å². The van der Waals surface area contributed by atoms with Crippen molar-refractivity contribution in [2.24, 2.45) is 0 Å².